The van der Waals surface area contributed by atoms with Gasteiger partial charge in [-0.1, -0.05) is 12.1 Å². The molecule has 0 aliphatic heterocycles. The number of nitrogens with zero attached hydrogens (tertiary/aromatic N) is 6. The summed E-state index contributed by atoms with van der Waals surface area (Å²) in [5.41, 5.74) is 3.75. The molecule has 0 N–H and O–H groups in total. The van der Waals surface area contributed by atoms with Gasteiger partial charge in [-0.05, 0) is 30.7 Å². The van der Waals surface area contributed by atoms with E-state index in [0.29, 0.717) is 11.3 Å². The van der Waals surface area contributed by atoms with Crippen LogP contribution < -0.4 is 0 Å². The Hall–Kier alpha value is -4.12. The number of hydrogen-bond acceptors (Lipinski definition) is 7. The Bertz CT molecular complexity index is 1450. The molecule has 11 heteroatoms. The molecule has 10 nitrogen and oxygen atoms in total. The van der Waals surface area contributed by atoms with Gasteiger partial charge in [-0.25, -0.2) is 4.98 Å². The highest BCUT2D eigenvalue weighted by atomic mass is 32.2. The second kappa shape index (κ2) is 8.19. The largest absolute Gasteiger partial charge is 0.298 e. The minimum atomic E-state index is -4.07. The van der Waals surface area contributed by atoms with Crippen LogP contribution in [-0.2, 0) is 10.0 Å². The maximum absolute atomic E-state index is 12.8. The number of hydrazone groups is 1. The van der Waals surface area contributed by atoms with Crippen LogP contribution in [0.2, 0.25) is 0 Å². The lowest BCUT2D eigenvalue weighted by molar-refractivity contribution is -0.385. The smallest absolute Gasteiger partial charge is 0.278 e. The van der Waals surface area contributed by atoms with Gasteiger partial charge in [-0.3, -0.25) is 19.5 Å². The van der Waals surface area contributed by atoms with Crippen LogP contribution in [-0.4, -0.2) is 45.4 Å². The van der Waals surface area contributed by atoms with E-state index in [1.807, 2.05) is 35.7 Å². The van der Waals surface area contributed by atoms with Crippen molar-refractivity contribution >= 4 is 27.6 Å². The Balaban J connectivity index is 1.68. The highest BCUT2D eigenvalue weighted by Gasteiger charge is 2.22. The van der Waals surface area contributed by atoms with Gasteiger partial charge >= 0.3 is 0 Å². The molecule has 0 fully saturated rings. The highest BCUT2D eigenvalue weighted by molar-refractivity contribution is 7.89. The van der Waals surface area contributed by atoms with E-state index in [4.69, 9.17) is 0 Å². The van der Waals surface area contributed by atoms with Crippen LogP contribution in [0.25, 0.3) is 16.8 Å². The van der Waals surface area contributed by atoms with Crippen LogP contribution in [0.5, 0.6) is 0 Å². The SMILES string of the molecule is Cc1cc(-c2cccnc2)cn2c(C=NN(C)S(=O)(=O)c3cccc([N+](=O)[O-])c3)cnc12. The van der Waals surface area contributed by atoms with E-state index in [9.17, 15) is 18.5 Å². The fraction of sp³-hybridized carbons (Fsp3) is 0.0952. The van der Waals surface area contributed by atoms with Crippen LogP contribution >= 0.6 is 0 Å². The van der Waals surface area contributed by atoms with Gasteiger partial charge in [0.15, 0.2) is 0 Å². The van der Waals surface area contributed by atoms with Crippen LogP contribution in [0.4, 0.5) is 5.69 Å². The fourth-order valence-electron chi connectivity index (χ4n) is 3.18. The maximum Gasteiger partial charge on any atom is 0.278 e. The van der Waals surface area contributed by atoms with Crippen molar-refractivity contribution in [3.63, 3.8) is 0 Å². The first kappa shape index (κ1) is 21.1. The minimum absolute atomic E-state index is 0.223. The Morgan fingerprint density at radius 2 is 1.97 bits per heavy atom. The second-order valence-corrected chi connectivity index (χ2v) is 8.92. The molecule has 0 aliphatic rings. The normalized spacial score (nSPS) is 11.8. The topological polar surface area (TPSA) is 123 Å². The molecule has 0 radical (unpaired) electrons. The van der Waals surface area contributed by atoms with E-state index in [1.165, 1.54) is 31.5 Å². The van der Waals surface area contributed by atoms with Crippen molar-refractivity contribution in [3.05, 3.63) is 88.6 Å². The molecule has 0 amide bonds. The van der Waals surface area contributed by atoms with Crippen molar-refractivity contribution in [3.8, 4) is 11.1 Å². The predicted octanol–water partition coefficient (Wildman–Crippen LogP) is 3.27. The average Bonchev–Trinajstić information content (AvgIpc) is 3.21. The molecule has 0 bridgehead atoms. The van der Waals surface area contributed by atoms with E-state index in [1.54, 1.807) is 18.6 Å². The summed E-state index contributed by atoms with van der Waals surface area (Å²) in [7, 11) is -2.80. The third-order valence-corrected chi connectivity index (χ3v) is 6.48. The van der Waals surface area contributed by atoms with Crippen molar-refractivity contribution in [1.29, 1.82) is 0 Å². The van der Waals surface area contributed by atoms with Crippen LogP contribution in [0, 0.1) is 17.0 Å². The minimum Gasteiger partial charge on any atom is -0.298 e. The highest BCUT2D eigenvalue weighted by Crippen LogP contribution is 2.23. The fourth-order valence-corrected chi connectivity index (χ4v) is 4.17. The lowest BCUT2D eigenvalue weighted by atomic mass is 10.1. The molecule has 3 heterocycles. The zero-order valence-corrected chi connectivity index (χ0v) is 18.0. The van der Waals surface area contributed by atoms with E-state index in [2.05, 4.69) is 15.1 Å². The van der Waals surface area contributed by atoms with E-state index < -0.39 is 14.9 Å². The molecule has 0 saturated carbocycles. The third-order valence-electron chi connectivity index (χ3n) is 4.84. The molecule has 0 spiro atoms. The number of benzene rings is 1. The maximum atomic E-state index is 12.8. The quantitative estimate of drug-likeness (QED) is 0.252. The van der Waals surface area contributed by atoms with Crippen molar-refractivity contribution in [1.82, 2.24) is 18.8 Å². The number of aryl methyl sites for hydroxylation is 1. The van der Waals surface area contributed by atoms with E-state index in [-0.39, 0.29) is 10.6 Å². The Morgan fingerprint density at radius 1 is 1.16 bits per heavy atom. The first-order valence-electron chi connectivity index (χ1n) is 9.43. The molecular formula is C21H18N6O4S. The second-order valence-electron chi connectivity index (χ2n) is 6.97. The molecule has 0 aliphatic carbocycles. The first-order chi connectivity index (χ1) is 15.3. The summed E-state index contributed by atoms with van der Waals surface area (Å²) >= 11 is 0. The number of rotatable bonds is 6. The molecular weight excluding hydrogens is 432 g/mol. The molecule has 32 heavy (non-hydrogen) atoms. The summed E-state index contributed by atoms with van der Waals surface area (Å²) in [6.07, 6.45) is 8.29. The summed E-state index contributed by atoms with van der Waals surface area (Å²) in [6, 6.07) is 10.6. The molecule has 162 valence electrons. The van der Waals surface area contributed by atoms with Gasteiger partial charge in [0.2, 0.25) is 0 Å². The number of fused-ring (bicyclic) bond motifs is 1. The molecule has 0 atom stereocenters. The zero-order chi connectivity index (χ0) is 22.9. The van der Waals surface area contributed by atoms with Gasteiger partial charge in [0, 0.05) is 48.9 Å². The van der Waals surface area contributed by atoms with Crippen LogP contribution in [0.15, 0.2) is 77.2 Å². The number of nitro benzene ring substituents is 1. The molecule has 0 saturated heterocycles. The van der Waals surface area contributed by atoms with Gasteiger partial charge in [-0.2, -0.15) is 17.9 Å². The molecule has 1 aromatic carbocycles. The van der Waals surface area contributed by atoms with Crippen molar-refractivity contribution < 1.29 is 13.3 Å². The predicted molar refractivity (Wildman–Crippen MR) is 119 cm³/mol. The lowest BCUT2D eigenvalue weighted by Crippen LogP contribution is -2.22. The Kier molecular flexibility index (Phi) is 5.41. The number of imidazole rings is 1. The Morgan fingerprint density at radius 3 is 2.69 bits per heavy atom. The van der Waals surface area contributed by atoms with Gasteiger partial charge in [0.25, 0.3) is 15.7 Å². The summed E-state index contributed by atoms with van der Waals surface area (Å²) < 4.78 is 28.1. The Labute approximate surface area is 183 Å². The number of aromatic nitrogens is 3. The molecule has 0 unspecified atom stereocenters. The number of hydrogen-bond donors (Lipinski definition) is 0. The monoisotopic (exact) mass is 450 g/mol. The van der Waals surface area contributed by atoms with E-state index in [0.717, 1.165) is 27.2 Å². The van der Waals surface area contributed by atoms with Crippen LogP contribution in [0.3, 0.4) is 0 Å². The zero-order valence-electron chi connectivity index (χ0n) is 17.2. The van der Waals surface area contributed by atoms with Gasteiger partial charge in [-0.15, -0.1) is 0 Å². The first-order valence-corrected chi connectivity index (χ1v) is 10.9. The van der Waals surface area contributed by atoms with E-state index >= 15 is 0 Å². The van der Waals surface area contributed by atoms with Crippen molar-refractivity contribution in [2.45, 2.75) is 11.8 Å². The summed E-state index contributed by atoms with van der Waals surface area (Å²) in [4.78, 5) is 18.6. The average molecular weight is 450 g/mol. The summed E-state index contributed by atoms with van der Waals surface area (Å²) in [5.74, 6) is 0. The third kappa shape index (κ3) is 3.93. The van der Waals surface area contributed by atoms with Gasteiger partial charge in [0.05, 0.1) is 27.9 Å². The standard InChI is InChI=1S/C21H18N6O4S/c1-15-9-17(16-5-4-8-22-11-16)14-26-19(12-23-21(15)26)13-24-25(2)32(30,31)20-7-3-6-18(10-20)27(28)29/h3-14H,1-2H3. The molecule has 4 aromatic rings. The van der Waals surface area contributed by atoms with Crippen molar-refractivity contribution in [2.75, 3.05) is 7.05 Å². The molecule has 4 rings (SSSR count). The number of pyridine rings is 2. The number of sulfonamides is 1. The van der Waals surface area contributed by atoms with Gasteiger partial charge < -0.3 is 0 Å². The summed E-state index contributed by atoms with van der Waals surface area (Å²) in [6.45, 7) is 1.93. The number of nitro groups is 1. The van der Waals surface area contributed by atoms with Gasteiger partial charge in [0.1, 0.15) is 5.65 Å². The van der Waals surface area contributed by atoms with Crippen molar-refractivity contribution in [2.24, 2.45) is 5.10 Å². The molecule has 3 aromatic heterocycles. The lowest BCUT2D eigenvalue weighted by Gasteiger charge is -2.13. The number of non-ortho nitro benzene ring substituents is 1. The summed E-state index contributed by atoms with van der Waals surface area (Å²) in [5, 5.41) is 15.0. The van der Waals surface area contributed by atoms with Crippen LogP contribution in [0.1, 0.15) is 11.3 Å².